The van der Waals surface area contributed by atoms with Crippen molar-refractivity contribution in [3.8, 4) is 0 Å². The minimum absolute atomic E-state index is 0.0353. The summed E-state index contributed by atoms with van der Waals surface area (Å²) < 4.78 is 5.30. The molecule has 0 radical (unpaired) electrons. The number of ether oxygens (including phenoxy) is 1. The van der Waals surface area contributed by atoms with Crippen molar-refractivity contribution >= 4 is 17.8 Å². The van der Waals surface area contributed by atoms with E-state index in [1.165, 1.54) is 0 Å². The average Bonchev–Trinajstić information content (AvgIpc) is 2.48. The molecule has 0 spiro atoms. The molecule has 0 unspecified atom stereocenters. The summed E-state index contributed by atoms with van der Waals surface area (Å²) in [5.41, 5.74) is -0.301. The van der Waals surface area contributed by atoms with Gasteiger partial charge in [-0.3, -0.25) is 9.59 Å². The third-order valence-electron chi connectivity index (χ3n) is 4.27. The number of rotatable bonds is 6. The van der Waals surface area contributed by atoms with E-state index in [1.807, 2.05) is 52.8 Å². The Morgan fingerprint density at radius 2 is 1.63 bits per heavy atom. The van der Waals surface area contributed by atoms with Crippen molar-refractivity contribution in [1.82, 2.24) is 10.2 Å². The fourth-order valence-electron chi connectivity index (χ4n) is 2.98. The lowest BCUT2D eigenvalue weighted by molar-refractivity contribution is -0.124. The molecule has 6 nitrogen and oxygen atoms in total. The van der Waals surface area contributed by atoms with Gasteiger partial charge in [-0.05, 0) is 26.2 Å². The maximum absolute atomic E-state index is 12.4. The number of benzene rings is 1. The highest BCUT2D eigenvalue weighted by atomic mass is 16.6. The first-order valence-corrected chi connectivity index (χ1v) is 9.31. The topological polar surface area (TPSA) is 75.7 Å². The van der Waals surface area contributed by atoms with Gasteiger partial charge in [-0.2, -0.15) is 0 Å². The Hall–Kier alpha value is -2.37. The van der Waals surface area contributed by atoms with Crippen LogP contribution in [0.2, 0.25) is 0 Å². The number of carbonyl (C=O) groups is 3. The summed E-state index contributed by atoms with van der Waals surface area (Å²) >= 11 is 0. The fourth-order valence-corrected chi connectivity index (χ4v) is 2.98. The number of hydrogen-bond acceptors (Lipinski definition) is 4. The van der Waals surface area contributed by atoms with Crippen molar-refractivity contribution in [2.45, 2.75) is 59.1 Å². The van der Waals surface area contributed by atoms with E-state index in [4.69, 9.17) is 4.74 Å². The molecule has 1 aromatic carbocycles. The molecule has 1 saturated heterocycles. The van der Waals surface area contributed by atoms with Gasteiger partial charge in [0.15, 0.2) is 5.78 Å². The third-order valence-corrected chi connectivity index (χ3v) is 4.27. The minimum atomic E-state index is -0.527. The normalized spacial score (nSPS) is 15.1. The molecule has 6 heteroatoms. The van der Waals surface area contributed by atoms with Crippen molar-refractivity contribution in [2.75, 3.05) is 13.1 Å². The lowest BCUT2D eigenvalue weighted by atomic mass is 9.82. The van der Waals surface area contributed by atoms with E-state index in [-0.39, 0.29) is 30.2 Å². The number of nitrogens with zero attached hydrogens (tertiary/aromatic N) is 1. The van der Waals surface area contributed by atoms with Crippen molar-refractivity contribution in [2.24, 2.45) is 5.41 Å². The van der Waals surface area contributed by atoms with Crippen molar-refractivity contribution in [3.63, 3.8) is 0 Å². The van der Waals surface area contributed by atoms with Gasteiger partial charge in [0.05, 0.1) is 6.04 Å². The summed E-state index contributed by atoms with van der Waals surface area (Å²) in [6.45, 7) is 10.2. The highest BCUT2D eigenvalue weighted by Gasteiger charge is 2.35. The first-order valence-electron chi connectivity index (χ1n) is 9.31. The molecule has 1 fully saturated rings. The second kappa shape index (κ2) is 8.11. The lowest BCUT2D eigenvalue weighted by Gasteiger charge is -2.40. The summed E-state index contributed by atoms with van der Waals surface area (Å²) in [5, 5.41) is 2.93. The average molecular weight is 374 g/mol. The number of carbonyl (C=O) groups excluding carboxylic acids is 3. The molecule has 2 rings (SSSR count). The predicted molar refractivity (Wildman–Crippen MR) is 104 cm³/mol. The van der Waals surface area contributed by atoms with Gasteiger partial charge in [-0.15, -0.1) is 0 Å². The van der Waals surface area contributed by atoms with Gasteiger partial charge >= 0.3 is 6.09 Å². The van der Waals surface area contributed by atoms with Crippen LogP contribution in [0.3, 0.4) is 0 Å². The van der Waals surface area contributed by atoms with E-state index >= 15 is 0 Å². The molecular weight excluding hydrogens is 344 g/mol. The monoisotopic (exact) mass is 374 g/mol. The lowest BCUT2D eigenvalue weighted by Crippen LogP contribution is -2.61. The van der Waals surface area contributed by atoms with E-state index in [9.17, 15) is 14.4 Å². The van der Waals surface area contributed by atoms with E-state index in [0.717, 1.165) is 0 Å². The molecule has 1 aliphatic rings. The molecule has 27 heavy (non-hydrogen) atoms. The molecule has 0 bridgehead atoms. The number of hydrogen-bond donors (Lipinski definition) is 1. The summed E-state index contributed by atoms with van der Waals surface area (Å²) in [6.07, 6.45) is 0.204. The third kappa shape index (κ3) is 6.70. The second-order valence-corrected chi connectivity index (χ2v) is 8.96. The van der Waals surface area contributed by atoms with Gasteiger partial charge in [0, 0.05) is 31.5 Å². The maximum Gasteiger partial charge on any atom is 0.410 e. The van der Waals surface area contributed by atoms with Crippen LogP contribution in [0.5, 0.6) is 0 Å². The Kier molecular flexibility index (Phi) is 6.29. The zero-order chi connectivity index (χ0) is 20.2. The zero-order valence-corrected chi connectivity index (χ0v) is 16.9. The summed E-state index contributed by atoms with van der Waals surface area (Å²) in [5.74, 6) is -0.0668. The van der Waals surface area contributed by atoms with Gasteiger partial charge in [0.25, 0.3) is 0 Å². The van der Waals surface area contributed by atoms with Gasteiger partial charge < -0.3 is 15.0 Å². The summed E-state index contributed by atoms with van der Waals surface area (Å²) in [7, 11) is 0. The van der Waals surface area contributed by atoms with Gasteiger partial charge in [-0.1, -0.05) is 44.2 Å². The molecule has 1 N–H and O–H groups in total. The molecule has 1 aliphatic heterocycles. The molecule has 148 valence electrons. The molecule has 0 aromatic heterocycles. The van der Waals surface area contributed by atoms with Crippen LogP contribution >= 0.6 is 0 Å². The Morgan fingerprint density at radius 1 is 1.04 bits per heavy atom. The molecule has 0 saturated carbocycles. The summed E-state index contributed by atoms with van der Waals surface area (Å²) in [4.78, 5) is 38.2. The number of nitrogens with one attached hydrogen (secondary N) is 1. The van der Waals surface area contributed by atoms with Gasteiger partial charge in [0.1, 0.15) is 5.60 Å². The van der Waals surface area contributed by atoms with Crippen LogP contribution in [0.15, 0.2) is 30.3 Å². The van der Waals surface area contributed by atoms with Gasteiger partial charge in [0.2, 0.25) is 5.91 Å². The van der Waals surface area contributed by atoms with E-state index in [0.29, 0.717) is 25.1 Å². The van der Waals surface area contributed by atoms with Crippen LogP contribution in [0.4, 0.5) is 4.79 Å². The largest absolute Gasteiger partial charge is 0.444 e. The number of Topliss-reactive ketones (excluding diaryl/α,β-unsaturated/α-hetero) is 1. The number of likely N-dealkylation sites (tertiary alicyclic amines) is 1. The first kappa shape index (κ1) is 20.9. The fraction of sp³-hybridized carbons (Fsp3) is 0.571. The smallest absolute Gasteiger partial charge is 0.410 e. The van der Waals surface area contributed by atoms with Crippen molar-refractivity contribution < 1.29 is 19.1 Å². The molecule has 1 heterocycles. The Morgan fingerprint density at radius 3 is 2.19 bits per heavy atom. The Labute approximate surface area is 161 Å². The Balaban J connectivity index is 1.75. The van der Waals surface area contributed by atoms with E-state index in [1.54, 1.807) is 17.0 Å². The van der Waals surface area contributed by atoms with Crippen LogP contribution in [-0.2, 0) is 9.53 Å². The SMILES string of the molecule is CC(C)(CC(=O)NC1CN(C(=O)OC(C)(C)C)C1)CC(=O)c1ccccc1. The molecule has 0 aliphatic carbocycles. The highest BCUT2D eigenvalue weighted by Crippen LogP contribution is 2.27. The van der Waals surface area contributed by atoms with Crippen LogP contribution in [0.1, 0.15) is 57.8 Å². The number of ketones is 1. The van der Waals surface area contributed by atoms with Gasteiger partial charge in [-0.25, -0.2) is 4.79 Å². The predicted octanol–water partition coefficient (Wildman–Crippen LogP) is 3.41. The van der Waals surface area contributed by atoms with Crippen LogP contribution < -0.4 is 5.32 Å². The molecular formula is C21H30N2O4. The molecule has 0 atom stereocenters. The molecule has 2 amide bonds. The minimum Gasteiger partial charge on any atom is -0.444 e. The quantitative estimate of drug-likeness (QED) is 0.774. The van der Waals surface area contributed by atoms with Crippen LogP contribution in [0.25, 0.3) is 0 Å². The number of amides is 2. The second-order valence-electron chi connectivity index (χ2n) is 8.96. The van der Waals surface area contributed by atoms with Crippen LogP contribution in [-0.4, -0.2) is 47.4 Å². The van der Waals surface area contributed by atoms with E-state index < -0.39 is 11.0 Å². The van der Waals surface area contributed by atoms with Crippen molar-refractivity contribution in [1.29, 1.82) is 0 Å². The zero-order valence-electron chi connectivity index (χ0n) is 16.9. The Bertz CT molecular complexity index is 686. The maximum atomic E-state index is 12.4. The van der Waals surface area contributed by atoms with Crippen LogP contribution in [0, 0.1) is 5.41 Å². The summed E-state index contributed by atoms with van der Waals surface area (Å²) in [6, 6.07) is 9.05. The van der Waals surface area contributed by atoms with E-state index in [2.05, 4.69) is 5.32 Å². The molecule has 1 aromatic rings. The highest BCUT2D eigenvalue weighted by molar-refractivity contribution is 5.96. The first-order chi connectivity index (χ1) is 12.5. The van der Waals surface area contributed by atoms with Crippen molar-refractivity contribution in [3.05, 3.63) is 35.9 Å². The standard InChI is InChI=1S/C21H30N2O4/c1-20(2,3)27-19(26)23-13-16(14-23)22-18(25)12-21(4,5)11-17(24)15-9-7-6-8-10-15/h6-10,16H,11-14H2,1-5H3,(H,22,25).